The average molecular weight is 661 g/mol. The number of benzene rings is 4. The molecule has 2 N–H and O–H groups in total. The standard InChI is InChI=1S/C40H24N10O/c1-3-7-27(8-4-1)49-35-17-23(11-13-29(35)33-21-43-47-45-37(33)49)25-15-31-32-16-26(20-42-40(32)51-39(31)41-19-25)24-12-14-30-34-22-44-48-46-38(34)50(36(30)18-24)28-9-5-2-6-10-28/h1-22,45,47H. The third kappa shape index (κ3) is 4.12. The fraction of sp³-hybridized carbons (Fsp3) is 0. The minimum atomic E-state index is 0.540. The highest BCUT2D eigenvalue weighted by Crippen LogP contribution is 2.38. The molecule has 7 heterocycles. The van der Waals surface area contributed by atoms with Crippen LogP contribution in [0, 0.1) is 0 Å². The molecule has 0 spiro atoms. The Morgan fingerprint density at radius 1 is 0.549 bits per heavy atom. The maximum absolute atomic E-state index is 6.14. The van der Waals surface area contributed by atoms with E-state index in [1.54, 1.807) is 6.20 Å². The van der Waals surface area contributed by atoms with E-state index in [9.17, 15) is 0 Å². The van der Waals surface area contributed by atoms with Crippen molar-refractivity contribution in [2.75, 3.05) is 5.43 Å². The molecule has 1 aliphatic rings. The van der Waals surface area contributed by atoms with Gasteiger partial charge in [0.05, 0.1) is 34.2 Å². The largest absolute Gasteiger partial charge is 0.419 e. The number of rotatable bonds is 4. The van der Waals surface area contributed by atoms with Crippen LogP contribution in [0.25, 0.3) is 88.7 Å². The van der Waals surface area contributed by atoms with E-state index in [1.807, 2.05) is 55.0 Å². The smallest absolute Gasteiger partial charge is 0.229 e. The van der Waals surface area contributed by atoms with Gasteiger partial charge in [0.1, 0.15) is 5.82 Å². The van der Waals surface area contributed by atoms with Crippen molar-refractivity contribution in [2.45, 2.75) is 0 Å². The van der Waals surface area contributed by atoms with Gasteiger partial charge in [0.15, 0.2) is 5.65 Å². The molecular formula is C40H24N10O. The number of anilines is 1. The highest BCUT2D eigenvalue weighted by molar-refractivity contribution is 6.10. The lowest BCUT2D eigenvalue weighted by Gasteiger charge is -2.15. The Kier molecular flexibility index (Phi) is 5.70. The van der Waals surface area contributed by atoms with Crippen molar-refractivity contribution in [1.29, 1.82) is 0 Å². The van der Waals surface area contributed by atoms with Crippen LogP contribution < -0.4 is 11.0 Å². The van der Waals surface area contributed by atoms with Gasteiger partial charge in [0.2, 0.25) is 11.4 Å². The molecule has 0 saturated heterocycles. The molecule has 0 radical (unpaired) electrons. The molecule has 0 fully saturated rings. The van der Waals surface area contributed by atoms with Crippen LogP contribution in [0.5, 0.6) is 0 Å². The lowest BCUT2D eigenvalue weighted by Crippen LogP contribution is -2.22. The number of hydrogen-bond donors (Lipinski definition) is 2. The SMILES string of the molecule is C1=NNNc2c1c1ccc(-c3cnc4oc5ncc(-c6ccc7c8cnnnc8n(-c8ccccc8)c7c6)cc5c4c3)cc1n2-c1ccccc1. The number of hydrazine groups is 1. The molecule has 0 unspecified atom stereocenters. The fourth-order valence-electron chi connectivity index (χ4n) is 7.33. The summed E-state index contributed by atoms with van der Waals surface area (Å²) in [5.74, 6) is 0.934. The molecule has 0 atom stereocenters. The number of fused-ring (bicyclic) bond motifs is 9. The van der Waals surface area contributed by atoms with Crippen LogP contribution in [0.2, 0.25) is 0 Å². The van der Waals surface area contributed by atoms with Crippen molar-refractivity contribution in [3.8, 4) is 33.6 Å². The summed E-state index contributed by atoms with van der Waals surface area (Å²) >= 11 is 0. The van der Waals surface area contributed by atoms with E-state index in [0.717, 1.165) is 88.6 Å². The van der Waals surface area contributed by atoms with Gasteiger partial charge in [-0.1, -0.05) is 60.7 Å². The second kappa shape index (κ2) is 10.5. The van der Waals surface area contributed by atoms with Gasteiger partial charge in [-0.05, 0) is 64.9 Å². The van der Waals surface area contributed by atoms with Crippen molar-refractivity contribution >= 4 is 67.1 Å². The van der Waals surface area contributed by atoms with Gasteiger partial charge in [0.25, 0.3) is 0 Å². The van der Waals surface area contributed by atoms with Crippen LogP contribution in [-0.4, -0.2) is 40.7 Å². The number of para-hydroxylation sites is 2. The van der Waals surface area contributed by atoms with Gasteiger partial charge in [-0.3, -0.25) is 14.6 Å². The number of aromatic nitrogens is 7. The van der Waals surface area contributed by atoms with Gasteiger partial charge in [-0.15, -0.1) is 10.2 Å². The number of furan rings is 1. The summed E-state index contributed by atoms with van der Waals surface area (Å²) in [7, 11) is 0. The van der Waals surface area contributed by atoms with Crippen LogP contribution in [0.4, 0.5) is 5.82 Å². The highest BCUT2D eigenvalue weighted by atomic mass is 16.3. The molecule has 4 aromatic carbocycles. The van der Waals surface area contributed by atoms with Crippen LogP contribution in [0.3, 0.4) is 0 Å². The zero-order valence-corrected chi connectivity index (χ0v) is 26.7. The van der Waals surface area contributed by atoms with Crippen molar-refractivity contribution in [2.24, 2.45) is 5.10 Å². The summed E-state index contributed by atoms with van der Waals surface area (Å²) < 4.78 is 10.5. The molecule has 11 nitrogen and oxygen atoms in total. The number of nitrogens with one attached hydrogen (secondary N) is 2. The topological polar surface area (TPSA) is 124 Å². The Bertz CT molecular complexity index is 3030. The molecule has 11 rings (SSSR count). The normalized spacial score (nSPS) is 12.5. The predicted molar refractivity (Wildman–Crippen MR) is 199 cm³/mol. The fourth-order valence-corrected chi connectivity index (χ4v) is 7.33. The second-order valence-electron chi connectivity index (χ2n) is 12.5. The van der Waals surface area contributed by atoms with E-state index in [2.05, 4.69) is 113 Å². The minimum Gasteiger partial charge on any atom is -0.419 e. The summed E-state index contributed by atoms with van der Waals surface area (Å²) in [6.07, 6.45) is 7.33. The monoisotopic (exact) mass is 660 g/mol. The van der Waals surface area contributed by atoms with E-state index in [0.29, 0.717) is 11.4 Å². The lowest BCUT2D eigenvalue weighted by molar-refractivity contribution is 0.640. The molecule has 0 bridgehead atoms. The molecule has 1 aliphatic heterocycles. The number of nitrogens with zero attached hydrogens (tertiary/aromatic N) is 8. The van der Waals surface area contributed by atoms with Crippen molar-refractivity contribution < 1.29 is 4.42 Å². The molecule has 10 aromatic rings. The number of hydrogen-bond acceptors (Lipinski definition) is 9. The first-order valence-electron chi connectivity index (χ1n) is 16.4. The molecule has 11 heteroatoms. The second-order valence-corrected chi connectivity index (χ2v) is 12.5. The van der Waals surface area contributed by atoms with Gasteiger partial charge in [0, 0.05) is 56.6 Å². The maximum atomic E-state index is 6.14. The summed E-state index contributed by atoms with van der Waals surface area (Å²) in [5.41, 5.74) is 17.1. The van der Waals surface area contributed by atoms with E-state index in [1.165, 1.54) is 0 Å². The van der Waals surface area contributed by atoms with Crippen molar-refractivity contribution in [3.63, 3.8) is 0 Å². The zero-order valence-electron chi connectivity index (χ0n) is 26.7. The zero-order chi connectivity index (χ0) is 33.5. The minimum absolute atomic E-state index is 0.540. The van der Waals surface area contributed by atoms with Gasteiger partial charge < -0.3 is 4.42 Å². The molecule has 51 heavy (non-hydrogen) atoms. The molecule has 0 aliphatic carbocycles. The predicted octanol–water partition coefficient (Wildman–Crippen LogP) is 8.20. The van der Waals surface area contributed by atoms with Gasteiger partial charge in [-0.25, -0.2) is 15.5 Å². The van der Waals surface area contributed by atoms with E-state index in [4.69, 9.17) is 14.4 Å². The first kappa shape index (κ1) is 27.5. The van der Waals surface area contributed by atoms with Crippen molar-refractivity contribution in [3.05, 3.63) is 133 Å². The first-order chi connectivity index (χ1) is 25.3. The van der Waals surface area contributed by atoms with Crippen molar-refractivity contribution in [1.82, 2.24) is 40.0 Å². The molecule has 6 aromatic heterocycles. The summed E-state index contributed by atoms with van der Waals surface area (Å²) in [4.78, 5) is 9.50. The summed E-state index contributed by atoms with van der Waals surface area (Å²) in [5, 5.41) is 21.6. The van der Waals surface area contributed by atoms with E-state index in [-0.39, 0.29) is 0 Å². The quantitative estimate of drug-likeness (QED) is 0.194. The third-order valence-electron chi connectivity index (χ3n) is 9.68. The first-order valence-corrected chi connectivity index (χ1v) is 16.4. The van der Waals surface area contributed by atoms with Crippen LogP contribution >= 0.6 is 0 Å². The Morgan fingerprint density at radius 2 is 1.18 bits per heavy atom. The molecule has 0 saturated carbocycles. The molecule has 0 amide bonds. The Balaban J connectivity index is 1.06. The highest BCUT2D eigenvalue weighted by Gasteiger charge is 2.21. The Labute approximate surface area is 288 Å². The summed E-state index contributed by atoms with van der Waals surface area (Å²) in [6.45, 7) is 0. The van der Waals surface area contributed by atoms with Crippen LogP contribution in [-0.2, 0) is 0 Å². The van der Waals surface area contributed by atoms with Crippen LogP contribution in [0.1, 0.15) is 5.56 Å². The number of pyridine rings is 2. The number of hydrazone groups is 1. The average Bonchev–Trinajstić information content (AvgIpc) is 3.85. The molecular weight excluding hydrogens is 637 g/mol. The van der Waals surface area contributed by atoms with Crippen LogP contribution in [0.15, 0.2) is 137 Å². The summed E-state index contributed by atoms with van der Waals surface area (Å²) in [6, 6.07) is 37.6. The Morgan fingerprint density at radius 3 is 1.86 bits per heavy atom. The lowest BCUT2D eigenvalue weighted by atomic mass is 10.0. The third-order valence-corrected chi connectivity index (χ3v) is 9.68. The van der Waals surface area contributed by atoms with Gasteiger partial charge >= 0.3 is 0 Å². The Hall–Kier alpha value is -7.40. The van der Waals surface area contributed by atoms with E-state index >= 15 is 0 Å². The maximum Gasteiger partial charge on any atom is 0.229 e. The van der Waals surface area contributed by atoms with Gasteiger partial charge in [-0.2, -0.15) is 5.10 Å². The van der Waals surface area contributed by atoms with E-state index < -0.39 is 0 Å². The molecule has 240 valence electrons.